The van der Waals surface area contributed by atoms with Crippen molar-refractivity contribution in [2.24, 2.45) is 0 Å². The van der Waals surface area contributed by atoms with Gasteiger partial charge in [0.25, 0.3) is 5.91 Å². The third-order valence-corrected chi connectivity index (χ3v) is 2.69. The fourth-order valence-corrected chi connectivity index (χ4v) is 1.83. The molecule has 1 unspecified atom stereocenters. The Balaban J connectivity index is 2.04. The fourth-order valence-electron chi connectivity index (χ4n) is 1.83. The van der Waals surface area contributed by atoms with E-state index in [9.17, 15) is 9.18 Å². The first-order chi connectivity index (χ1) is 9.58. The molecule has 2 aromatic rings. The van der Waals surface area contributed by atoms with Crippen molar-refractivity contribution in [1.29, 1.82) is 5.26 Å². The van der Waals surface area contributed by atoms with Gasteiger partial charge >= 0.3 is 0 Å². The van der Waals surface area contributed by atoms with Crippen molar-refractivity contribution >= 4 is 5.91 Å². The van der Waals surface area contributed by atoms with E-state index in [0.717, 1.165) is 12.1 Å². The summed E-state index contributed by atoms with van der Waals surface area (Å²) in [5.74, 6) is -1.02. The van der Waals surface area contributed by atoms with Crippen LogP contribution in [0, 0.1) is 17.1 Å². The second-order valence-corrected chi connectivity index (χ2v) is 4.44. The summed E-state index contributed by atoms with van der Waals surface area (Å²) in [6.45, 7) is 2.34. The minimum Gasteiger partial charge on any atom is -0.348 e. The number of hydrogen-bond donors (Lipinski definition) is 1. The Hall–Kier alpha value is -2.68. The Bertz CT molecular complexity index is 646. The smallest absolute Gasteiger partial charge is 0.251 e. The minimum atomic E-state index is -0.603. The number of benzene rings is 1. The van der Waals surface area contributed by atoms with Crippen LogP contribution < -0.4 is 5.32 Å². The maximum atomic E-state index is 13.3. The maximum Gasteiger partial charge on any atom is 0.251 e. The molecule has 5 nitrogen and oxygen atoms in total. The summed E-state index contributed by atoms with van der Waals surface area (Å²) < 4.78 is 15.0. The number of carbonyl (C=O) groups excluding carboxylic acids is 1. The molecule has 0 saturated heterocycles. The minimum absolute atomic E-state index is 0.120. The zero-order valence-corrected chi connectivity index (χ0v) is 10.9. The number of rotatable bonds is 4. The van der Waals surface area contributed by atoms with E-state index in [-0.39, 0.29) is 17.2 Å². The molecule has 1 aromatic heterocycles. The molecule has 0 bridgehead atoms. The average molecular weight is 272 g/mol. The van der Waals surface area contributed by atoms with Gasteiger partial charge in [0.15, 0.2) is 0 Å². The van der Waals surface area contributed by atoms with Crippen molar-refractivity contribution in [2.75, 3.05) is 0 Å². The number of hydrogen-bond acceptors (Lipinski definition) is 3. The normalized spacial score (nSPS) is 11.7. The summed E-state index contributed by atoms with van der Waals surface area (Å²) in [4.78, 5) is 12.0. The van der Waals surface area contributed by atoms with Gasteiger partial charge in [-0.1, -0.05) is 0 Å². The highest BCUT2D eigenvalue weighted by molar-refractivity contribution is 5.94. The number of nitrogens with one attached hydrogen (secondary N) is 1. The lowest BCUT2D eigenvalue weighted by molar-refractivity contribution is 0.0935. The fraction of sp³-hybridized carbons (Fsp3) is 0.214. The molecule has 0 aliphatic carbocycles. The second-order valence-electron chi connectivity index (χ2n) is 4.44. The summed E-state index contributed by atoms with van der Waals surface area (Å²) in [5, 5.41) is 15.5. The quantitative estimate of drug-likeness (QED) is 0.921. The lowest BCUT2D eigenvalue weighted by Gasteiger charge is -2.14. The highest BCUT2D eigenvalue weighted by Gasteiger charge is 2.12. The van der Waals surface area contributed by atoms with Crippen molar-refractivity contribution < 1.29 is 9.18 Å². The van der Waals surface area contributed by atoms with Gasteiger partial charge in [-0.05, 0) is 31.2 Å². The number of carbonyl (C=O) groups is 1. The van der Waals surface area contributed by atoms with Gasteiger partial charge in [-0.25, -0.2) is 4.39 Å². The van der Waals surface area contributed by atoms with Crippen LogP contribution in [0.4, 0.5) is 4.39 Å². The Morgan fingerprint density at radius 2 is 2.35 bits per heavy atom. The molecule has 1 N–H and O–H groups in total. The number of aromatic nitrogens is 2. The molecule has 1 amide bonds. The van der Waals surface area contributed by atoms with Crippen LogP contribution in [0.25, 0.3) is 0 Å². The molecule has 0 radical (unpaired) electrons. The molecular weight excluding hydrogens is 259 g/mol. The zero-order chi connectivity index (χ0) is 14.5. The monoisotopic (exact) mass is 272 g/mol. The van der Waals surface area contributed by atoms with Crippen molar-refractivity contribution in [2.45, 2.75) is 19.5 Å². The largest absolute Gasteiger partial charge is 0.348 e. The maximum absolute atomic E-state index is 13.3. The average Bonchev–Trinajstić information content (AvgIpc) is 2.90. The molecule has 102 valence electrons. The van der Waals surface area contributed by atoms with Gasteiger partial charge in [-0.15, -0.1) is 0 Å². The van der Waals surface area contributed by atoms with Crippen molar-refractivity contribution in [3.8, 4) is 6.07 Å². The molecular formula is C14H13FN4O. The number of nitrogens with zero attached hydrogens (tertiary/aromatic N) is 3. The van der Waals surface area contributed by atoms with E-state index < -0.39 is 11.7 Å². The molecule has 0 aliphatic rings. The summed E-state index contributed by atoms with van der Waals surface area (Å²) in [7, 11) is 0. The van der Waals surface area contributed by atoms with Crippen LogP contribution in [0.3, 0.4) is 0 Å². The van der Waals surface area contributed by atoms with Crippen LogP contribution in [0.5, 0.6) is 0 Å². The van der Waals surface area contributed by atoms with Crippen LogP contribution in [-0.4, -0.2) is 21.7 Å². The summed E-state index contributed by atoms with van der Waals surface area (Å²) in [6, 6.07) is 7.00. The van der Waals surface area contributed by atoms with Crippen LogP contribution in [0.2, 0.25) is 0 Å². The molecule has 1 atom stereocenters. The molecule has 2 rings (SSSR count). The van der Waals surface area contributed by atoms with E-state index in [1.807, 2.05) is 13.0 Å². The highest BCUT2D eigenvalue weighted by Crippen LogP contribution is 2.09. The van der Waals surface area contributed by atoms with Crippen LogP contribution in [-0.2, 0) is 6.54 Å². The van der Waals surface area contributed by atoms with Gasteiger partial charge in [0.1, 0.15) is 5.82 Å². The predicted molar refractivity (Wildman–Crippen MR) is 70.3 cm³/mol. The first-order valence-electron chi connectivity index (χ1n) is 6.07. The van der Waals surface area contributed by atoms with Crippen LogP contribution in [0.1, 0.15) is 22.8 Å². The molecule has 1 heterocycles. The zero-order valence-electron chi connectivity index (χ0n) is 10.9. The van der Waals surface area contributed by atoms with Crippen molar-refractivity contribution in [3.05, 3.63) is 53.6 Å². The predicted octanol–water partition coefficient (Wildman–Crippen LogP) is 1.71. The van der Waals surface area contributed by atoms with E-state index in [2.05, 4.69) is 10.4 Å². The topological polar surface area (TPSA) is 70.7 Å². The summed E-state index contributed by atoms with van der Waals surface area (Å²) >= 11 is 0. The van der Waals surface area contributed by atoms with Crippen molar-refractivity contribution in [1.82, 2.24) is 15.1 Å². The number of nitriles is 1. The highest BCUT2D eigenvalue weighted by atomic mass is 19.1. The third-order valence-electron chi connectivity index (χ3n) is 2.69. The van der Waals surface area contributed by atoms with E-state index >= 15 is 0 Å². The SMILES string of the molecule is CC(Cn1cccn1)NC(=O)c1cc(F)cc(C#N)c1. The molecule has 0 saturated carbocycles. The number of halogens is 1. The Morgan fingerprint density at radius 3 is 3.00 bits per heavy atom. The lowest BCUT2D eigenvalue weighted by atomic mass is 10.1. The molecule has 0 aliphatic heterocycles. The van der Waals surface area contributed by atoms with Gasteiger partial charge in [0.2, 0.25) is 0 Å². The standard InChI is InChI=1S/C14H13FN4O/c1-10(9-19-4-2-3-17-19)18-14(20)12-5-11(8-16)6-13(15)7-12/h2-7,10H,9H2,1H3,(H,18,20). The first-order valence-corrected chi connectivity index (χ1v) is 6.07. The molecule has 0 spiro atoms. The third kappa shape index (κ3) is 3.42. The van der Waals surface area contributed by atoms with Gasteiger partial charge in [0, 0.05) is 24.0 Å². The lowest BCUT2D eigenvalue weighted by Crippen LogP contribution is -2.35. The van der Waals surface area contributed by atoms with E-state index in [4.69, 9.17) is 5.26 Å². The van der Waals surface area contributed by atoms with Gasteiger partial charge in [0.05, 0.1) is 18.2 Å². The first kappa shape index (κ1) is 13.7. The Kier molecular flexibility index (Phi) is 4.11. The van der Waals surface area contributed by atoms with Crippen LogP contribution >= 0.6 is 0 Å². The van der Waals surface area contributed by atoms with E-state index in [1.54, 1.807) is 23.1 Å². The Morgan fingerprint density at radius 1 is 1.55 bits per heavy atom. The van der Waals surface area contributed by atoms with Gasteiger partial charge < -0.3 is 5.32 Å². The van der Waals surface area contributed by atoms with E-state index in [0.29, 0.717) is 6.54 Å². The molecule has 20 heavy (non-hydrogen) atoms. The van der Waals surface area contributed by atoms with Crippen molar-refractivity contribution in [3.63, 3.8) is 0 Å². The van der Waals surface area contributed by atoms with Gasteiger partial charge in [-0.2, -0.15) is 10.4 Å². The summed E-state index contributed by atoms with van der Waals surface area (Å²) in [5.41, 5.74) is 0.253. The second kappa shape index (κ2) is 5.97. The number of amides is 1. The molecule has 6 heteroatoms. The van der Waals surface area contributed by atoms with E-state index in [1.165, 1.54) is 6.07 Å². The molecule has 0 fully saturated rings. The van der Waals surface area contributed by atoms with Crippen LogP contribution in [0.15, 0.2) is 36.7 Å². The molecule has 1 aromatic carbocycles. The summed E-state index contributed by atoms with van der Waals surface area (Å²) in [6.07, 6.45) is 3.44. The Labute approximate surface area is 115 Å². The van der Waals surface area contributed by atoms with Gasteiger partial charge in [-0.3, -0.25) is 9.48 Å².